The van der Waals surface area contributed by atoms with Gasteiger partial charge in [-0.15, -0.1) is 11.3 Å². The molecule has 4 rings (SSSR count). The monoisotopic (exact) mass is 490 g/mol. The summed E-state index contributed by atoms with van der Waals surface area (Å²) in [5.74, 6) is -0.0646. The van der Waals surface area contributed by atoms with E-state index in [0.717, 1.165) is 40.8 Å². The van der Waals surface area contributed by atoms with Crippen LogP contribution in [0, 0.1) is 0 Å². The number of ether oxygens (including phenoxy) is 1. The van der Waals surface area contributed by atoms with Gasteiger partial charge in [-0.25, -0.2) is 0 Å². The highest BCUT2D eigenvalue weighted by Crippen LogP contribution is 2.30. The Hall–Kier alpha value is -1.96. The van der Waals surface area contributed by atoms with E-state index in [1.54, 1.807) is 6.92 Å². The summed E-state index contributed by atoms with van der Waals surface area (Å²) in [6.45, 7) is 4.89. The summed E-state index contributed by atoms with van der Waals surface area (Å²) in [5, 5.41) is 6.85. The lowest BCUT2D eigenvalue weighted by molar-refractivity contribution is -0.121. The summed E-state index contributed by atoms with van der Waals surface area (Å²) in [6, 6.07) is 11.5. The van der Waals surface area contributed by atoms with E-state index in [1.807, 2.05) is 41.8 Å². The van der Waals surface area contributed by atoms with Gasteiger partial charge in [0.1, 0.15) is 0 Å². The number of carbonyl (C=O) groups is 2. The van der Waals surface area contributed by atoms with Gasteiger partial charge in [-0.3, -0.25) is 14.5 Å². The molecule has 1 amide bonds. The fourth-order valence-corrected chi connectivity index (χ4v) is 5.34. The van der Waals surface area contributed by atoms with E-state index < -0.39 is 0 Å². The van der Waals surface area contributed by atoms with E-state index in [0.29, 0.717) is 28.8 Å². The van der Waals surface area contributed by atoms with E-state index >= 15 is 0 Å². The maximum absolute atomic E-state index is 12.7. The van der Waals surface area contributed by atoms with Gasteiger partial charge in [0.2, 0.25) is 5.91 Å². The lowest BCUT2D eigenvalue weighted by Crippen LogP contribution is -2.47. The van der Waals surface area contributed by atoms with Crippen molar-refractivity contribution < 1.29 is 14.3 Å². The van der Waals surface area contributed by atoms with Crippen molar-refractivity contribution in [2.24, 2.45) is 0 Å². The molecule has 2 heterocycles. The average Bonchev–Trinajstić information content (AvgIpc) is 3.21. The lowest BCUT2D eigenvalue weighted by Gasteiger charge is -2.33. The van der Waals surface area contributed by atoms with Gasteiger partial charge in [0.05, 0.1) is 29.2 Å². The maximum Gasteiger partial charge on any atom is 0.224 e. The van der Waals surface area contributed by atoms with Gasteiger partial charge in [0.25, 0.3) is 0 Å². The Balaban J connectivity index is 1.33. The third-order valence-electron chi connectivity index (χ3n) is 5.56. The van der Waals surface area contributed by atoms with E-state index in [1.165, 1.54) is 11.3 Å². The van der Waals surface area contributed by atoms with Crippen molar-refractivity contribution >= 4 is 56.3 Å². The van der Waals surface area contributed by atoms with Gasteiger partial charge >= 0.3 is 0 Å². The van der Waals surface area contributed by atoms with Crippen LogP contribution in [0.4, 0.5) is 0 Å². The standard InChI is InChI=1S/C24H24Cl2N2O3S/c1-15(29)19-14-32-22-4-2-3-17(24(19)22)10-23(30)27-11-18-13-28(7-8-31-18)12-16-5-6-20(25)21(26)9-16/h2-6,9,14,18H,7-8,10-13H2,1H3,(H,27,30). The predicted octanol–water partition coefficient (Wildman–Crippen LogP) is 4.97. The van der Waals surface area contributed by atoms with E-state index in [-0.39, 0.29) is 24.2 Å². The van der Waals surface area contributed by atoms with E-state index in [4.69, 9.17) is 27.9 Å². The number of hydrogen-bond donors (Lipinski definition) is 1. The molecule has 1 saturated heterocycles. The molecule has 1 aliphatic heterocycles. The molecule has 2 aromatic carbocycles. The zero-order valence-electron chi connectivity index (χ0n) is 17.7. The van der Waals surface area contributed by atoms with E-state index in [9.17, 15) is 9.59 Å². The van der Waals surface area contributed by atoms with Crippen LogP contribution in [0.2, 0.25) is 10.0 Å². The lowest BCUT2D eigenvalue weighted by atomic mass is 10.0. The first-order chi connectivity index (χ1) is 15.4. The van der Waals surface area contributed by atoms with E-state index in [2.05, 4.69) is 10.2 Å². The molecule has 1 fully saturated rings. The smallest absolute Gasteiger partial charge is 0.224 e. The summed E-state index contributed by atoms with van der Waals surface area (Å²) in [5.41, 5.74) is 2.65. The zero-order valence-corrected chi connectivity index (χ0v) is 20.0. The van der Waals surface area contributed by atoms with Crippen LogP contribution >= 0.6 is 34.5 Å². The SMILES string of the molecule is CC(=O)c1csc2cccc(CC(=O)NCC3CN(Cc4ccc(Cl)c(Cl)c4)CCO3)c12. The normalized spacial score (nSPS) is 16.9. The van der Waals surface area contributed by atoms with Crippen molar-refractivity contribution in [2.75, 3.05) is 26.2 Å². The number of morpholine rings is 1. The fraction of sp³-hybridized carbons (Fsp3) is 0.333. The molecule has 0 saturated carbocycles. The molecule has 0 bridgehead atoms. The number of amides is 1. The number of carbonyl (C=O) groups excluding carboxylic acids is 2. The van der Waals surface area contributed by atoms with Crippen molar-refractivity contribution in [2.45, 2.75) is 26.0 Å². The molecule has 1 aromatic heterocycles. The molecule has 0 aliphatic carbocycles. The van der Waals surface area contributed by atoms with Crippen LogP contribution < -0.4 is 5.32 Å². The summed E-state index contributed by atoms with van der Waals surface area (Å²) in [7, 11) is 0. The first-order valence-electron chi connectivity index (χ1n) is 10.5. The molecule has 1 aliphatic rings. The first-order valence-corrected chi connectivity index (χ1v) is 12.1. The number of ketones is 1. The zero-order chi connectivity index (χ0) is 22.7. The van der Waals surface area contributed by atoms with Crippen LogP contribution in [-0.4, -0.2) is 48.9 Å². The molecule has 32 heavy (non-hydrogen) atoms. The maximum atomic E-state index is 12.7. The number of thiophene rings is 1. The van der Waals surface area contributed by atoms with Crippen LogP contribution in [-0.2, 0) is 22.5 Å². The highest BCUT2D eigenvalue weighted by Gasteiger charge is 2.22. The van der Waals surface area contributed by atoms with Crippen LogP contribution in [0.15, 0.2) is 41.8 Å². The summed E-state index contributed by atoms with van der Waals surface area (Å²) in [6.07, 6.45) is 0.147. The van der Waals surface area contributed by atoms with Gasteiger partial charge in [0, 0.05) is 47.2 Å². The Bertz CT molecular complexity index is 1150. The minimum absolute atomic E-state index is 0.0155. The van der Waals surface area contributed by atoms with Gasteiger partial charge in [-0.05, 0) is 36.2 Å². The Morgan fingerprint density at radius 2 is 2.06 bits per heavy atom. The van der Waals surface area contributed by atoms with Gasteiger partial charge in [-0.1, -0.05) is 41.4 Å². The third-order valence-corrected chi connectivity index (χ3v) is 7.24. The number of nitrogens with zero attached hydrogens (tertiary/aromatic N) is 1. The van der Waals surface area contributed by atoms with Crippen molar-refractivity contribution in [3.63, 3.8) is 0 Å². The summed E-state index contributed by atoms with van der Waals surface area (Å²) < 4.78 is 6.87. The van der Waals surface area contributed by atoms with Crippen molar-refractivity contribution in [1.29, 1.82) is 0 Å². The average molecular weight is 491 g/mol. The Morgan fingerprint density at radius 3 is 2.84 bits per heavy atom. The summed E-state index contributed by atoms with van der Waals surface area (Å²) in [4.78, 5) is 26.9. The van der Waals surface area contributed by atoms with Gasteiger partial charge in [-0.2, -0.15) is 0 Å². The molecule has 8 heteroatoms. The highest BCUT2D eigenvalue weighted by molar-refractivity contribution is 7.17. The molecule has 5 nitrogen and oxygen atoms in total. The molecule has 3 aromatic rings. The molecular weight excluding hydrogens is 467 g/mol. The number of rotatable bonds is 7. The number of fused-ring (bicyclic) bond motifs is 1. The minimum Gasteiger partial charge on any atom is -0.374 e. The largest absolute Gasteiger partial charge is 0.374 e. The second-order valence-corrected chi connectivity index (χ2v) is 9.68. The molecule has 0 spiro atoms. The number of benzene rings is 2. The van der Waals surface area contributed by atoms with Crippen molar-refractivity contribution in [3.05, 3.63) is 68.5 Å². The van der Waals surface area contributed by atoms with Crippen molar-refractivity contribution in [1.82, 2.24) is 10.2 Å². The minimum atomic E-state index is -0.0832. The molecule has 1 N–H and O–H groups in total. The fourth-order valence-electron chi connectivity index (χ4n) is 3.98. The molecular formula is C24H24Cl2N2O3S. The topological polar surface area (TPSA) is 58.6 Å². The summed E-state index contributed by atoms with van der Waals surface area (Å²) >= 11 is 13.7. The second-order valence-electron chi connectivity index (χ2n) is 7.95. The Kier molecular flexibility index (Phi) is 7.48. The van der Waals surface area contributed by atoms with Crippen LogP contribution in [0.25, 0.3) is 10.1 Å². The molecule has 1 atom stereocenters. The number of halogens is 2. The molecule has 168 valence electrons. The third kappa shape index (κ3) is 5.50. The molecule has 0 radical (unpaired) electrons. The van der Waals surface area contributed by atoms with Crippen molar-refractivity contribution in [3.8, 4) is 0 Å². The van der Waals surface area contributed by atoms with Crippen LogP contribution in [0.5, 0.6) is 0 Å². The predicted molar refractivity (Wildman–Crippen MR) is 130 cm³/mol. The number of hydrogen-bond acceptors (Lipinski definition) is 5. The van der Waals surface area contributed by atoms with Gasteiger partial charge in [0.15, 0.2) is 5.78 Å². The highest BCUT2D eigenvalue weighted by atomic mass is 35.5. The van der Waals surface area contributed by atoms with Crippen LogP contribution in [0.3, 0.4) is 0 Å². The number of Topliss-reactive ketones (excluding diaryl/α,β-unsaturated/α-hetero) is 1. The second kappa shape index (κ2) is 10.3. The molecule has 1 unspecified atom stereocenters. The number of nitrogens with one attached hydrogen (secondary N) is 1. The van der Waals surface area contributed by atoms with Crippen LogP contribution in [0.1, 0.15) is 28.4 Å². The first kappa shape index (κ1) is 23.2. The Morgan fingerprint density at radius 1 is 1.22 bits per heavy atom. The quantitative estimate of drug-likeness (QED) is 0.475. The van der Waals surface area contributed by atoms with Gasteiger partial charge < -0.3 is 10.1 Å². The Labute approximate surface area is 201 Å².